The van der Waals surface area contributed by atoms with Crippen molar-refractivity contribution < 1.29 is 9.53 Å². The highest BCUT2D eigenvalue weighted by Gasteiger charge is 2.41. The maximum absolute atomic E-state index is 13.4. The van der Waals surface area contributed by atoms with Gasteiger partial charge in [0.25, 0.3) is 0 Å². The van der Waals surface area contributed by atoms with E-state index in [2.05, 4.69) is 36.4 Å². The summed E-state index contributed by atoms with van der Waals surface area (Å²) in [7, 11) is 0. The third-order valence-corrected chi connectivity index (χ3v) is 7.07. The molecule has 0 spiro atoms. The van der Waals surface area contributed by atoms with Crippen LogP contribution in [0.3, 0.4) is 0 Å². The molecule has 0 aliphatic carbocycles. The van der Waals surface area contributed by atoms with Gasteiger partial charge < -0.3 is 4.74 Å². The van der Waals surface area contributed by atoms with E-state index >= 15 is 0 Å². The number of hydrogen-bond donors (Lipinski definition) is 0. The molecule has 1 amide bonds. The lowest BCUT2D eigenvalue weighted by Gasteiger charge is -2.38. The molecule has 148 valence electrons. The van der Waals surface area contributed by atoms with Crippen molar-refractivity contribution >= 4 is 52.3 Å². The van der Waals surface area contributed by atoms with Gasteiger partial charge in [-0.05, 0) is 40.8 Å². The van der Waals surface area contributed by atoms with Crippen molar-refractivity contribution in [3.8, 4) is 0 Å². The van der Waals surface area contributed by atoms with Crippen LogP contribution in [0.4, 0.5) is 16.2 Å². The molecule has 4 aromatic rings. The second-order valence-corrected chi connectivity index (χ2v) is 8.78. The molecule has 2 aliphatic rings. The molecule has 0 bridgehead atoms. The summed E-state index contributed by atoms with van der Waals surface area (Å²) in [5, 5.41) is 0. The fourth-order valence-corrected chi connectivity index (χ4v) is 5.73. The zero-order valence-electron chi connectivity index (χ0n) is 16.7. The molecule has 6 rings (SSSR count). The summed E-state index contributed by atoms with van der Waals surface area (Å²) < 4.78 is 5.76. The summed E-state index contributed by atoms with van der Waals surface area (Å²) in [5.74, 6) is 0. The van der Waals surface area contributed by atoms with E-state index in [-0.39, 0.29) is 19.4 Å². The maximum Gasteiger partial charge on any atom is 0.419 e. The minimum Gasteiger partial charge on any atom is -0.444 e. The first kappa shape index (κ1) is 18.3. The number of rotatable bonds is 2. The number of anilines is 2. The van der Waals surface area contributed by atoms with Gasteiger partial charge >= 0.3 is 6.09 Å². The smallest absolute Gasteiger partial charge is 0.419 e. The van der Waals surface area contributed by atoms with Gasteiger partial charge in [0, 0.05) is 21.2 Å². The summed E-state index contributed by atoms with van der Waals surface area (Å²) >= 11 is 1.77. The number of amides is 1. The van der Waals surface area contributed by atoms with Gasteiger partial charge in [0.15, 0.2) is 0 Å². The lowest BCUT2D eigenvalue weighted by atomic mass is 9.35. The molecule has 0 fully saturated rings. The van der Waals surface area contributed by atoms with Gasteiger partial charge in [-0.3, -0.25) is 0 Å². The minimum atomic E-state index is -0.355. The van der Waals surface area contributed by atoms with E-state index in [0.29, 0.717) is 0 Å². The SMILES string of the molecule is O=C(OCc1ccccc1)N1c2ccccc2B2c3ccccc3Sc3cccc1c32. The van der Waals surface area contributed by atoms with Crippen molar-refractivity contribution in [2.75, 3.05) is 4.90 Å². The third-order valence-electron chi connectivity index (χ3n) is 5.90. The predicted octanol–water partition coefficient (Wildman–Crippen LogP) is 4.46. The van der Waals surface area contributed by atoms with Crippen LogP contribution in [0.1, 0.15) is 5.56 Å². The molecular formula is C26H18BNO2S. The van der Waals surface area contributed by atoms with E-state index in [1.807, 2.05) is 60.7 Å². The molecule has 2 heterocycles. The fourth-order valence-electron chi connectivity index (χ4n) is 4.56. The van der Waals surface area contributed by atoms with E-state index in [9.17, 15) is 4.79 Å². The van der Waals surface area contributed by atoms with E-state index in [4.69, 9.17) is 4.74 Å². The molecule has 31 heavy (non-hydrogen) atoms. The van der Waals surface area contributed by atoms with Gasteiger partial charge in [-0.2, -0.15) is 0 Å². The highest BCUT2D eigenvalue weighted by molar-refractivity contribution is 8.00. The Morgan fingerprint density at radius 3 is 2.29 bits per heavy atom. The molecule has 0 unspecified atom stereocenters. The molecule has 3 nitrogen and oxygen atoms in total. The maximum atomic E-state index is 13.4. The Labute approximate surface area is 185 Å². The zero-order valence-corrected chi connectivity index (χ0v) is 17.5. The van der Waals surface area contributed by atoms with Gasteiger partial charge in [0.1, 0.15) is 6.61 Å². The molecule has 0 atom stereocenters. The Kier molecular flexibility index (Phi) is 4.36. The summed E-state index contributed by atoms with van der Waals surface area (Å²) in [5.41, 5.74) is 6.36. The number of nitrogens with zero attached hydrogens (tertiary/aromatic N) is 1. The van der Waals surface area contributed by atoms with Crippen LogP contribution in [0, 0.1) is 0 Å². The van der Waals surface area contributed by atoms with Crippen molar-refractivity contribution in [1.82, 2.24) is 0 Å². The van der Waals surface area contributed by atoms with E-state index in [0.717, 1.165) is 22.4 Å². The average Bonchev–Trinajstić information content (AvgIpc) is 2.83. The normalized spacial score (nSPS) is 13.2. The van der Waals surface area contributed by atoms with Crippen LogP contribution >= 0.6 is 11.8 Å². The van der Waals surface area contributed by atoms with Crippen LogP contribution in [-0.4, -0.2) is 12.8 Å². The van der Waals surface area contributed by atoms with Crippen molar-refractivity contribution in [2.45, 2.75) is 16.4 Å². The van der Waals surface area contributed by atoms with Crippen molar-refractivity contribution in [3.63, 3.8) is 0 Å². The third kappa shape index (κ3) is 2.96. The molecule has 2 aliphatic heterocycles. The molecule has 0 saturated carbocycles. The zero-order chi connectivity index (χ0) is 20.8. The Hall–Kier alpha value is -3.44. The van der Waals surface area contributed by atoms with Crippen molar-refractivity contribution in [1.29, 1.82) is 0 Å². The molecule has 0 saturated heterocycles. The highest BCUT2D eigenvalue weighted by Crippen LogP contribution is 2.37. The highest BCUT2D eigenvalue weighted by atomic mass is 32.2. The minimum absolute atomic E-state index is 0.109. The number of ether oxygens (including phenoxy) is 1. The second-order valence-electron chi connectivity index (χ2n) is 7.70. The molecular weight excluding hydrogens is 401 g/mol. The number of carbonyl (C=O) groups is 1. The quantitative estimate of drug-likeness (QED) is 0.396. The Morgan fingerprint density at radius 1 is 0.742 bits per heavy atom. The Morgan fingerprint density at radius 2 is 1.42 bits per heavy atom. The van der Waals surface area contributed by atoms with E-state index in [1.165, 1.54) is 20.7 Å². The molecule has 0 N–H and O–H groups in total. The van der Waals surface area contributed by atoms with Crippen LogP contribution in [0.25, 0.3) is 0 Å². The van der Waals surface area contributed by atoms with E-state index in [1.54, 1.807) is 16.7 Å². The van der Waals surface area contributed by atoms with Crippen LogP contribution in [0.2, 0.25) is 0 Å². The largest absolute Gasteiger partial charge is 0.444 e. The number of carbonyl (C=O) groups excluding carboxylic acids is 1. The average molecular weight is 419 g/mol. The number of benzene rings is 4. The lowest BCUT2D eigenvalue weighted by Crippen LogP contribution is -2.60. The monoisotopic (exact) mass is 419 g/mol. The standard InChI is InChI=1S/C26H18BNO2S/c29-26(30-17-18-9-2-1-3-10-18)28-21-13-6-4-11-19(21)27-20-12-5-7-15-23(20)31-24-16-8-14-22(28)25(24)27/h1-16H,17H2. The summed E-state index contributed by atoms with van der Waals surface area (Å²) in [6.45, 7) is 0.354. The first-order valence-corrected chi connectivity index (χ1v) is 11.1. The second kappa shape index (κ2) is 7.36. The molecule has 0 aromatic heterocycles. The summed E-state index contributed by atoms with van der Waals surface area (Å²) in [4.78, 5) is 17.6. The van der Waals surface area contributed by atoms with Crippen molar-refractivity contribution in [3.05, 3.63) is 103 Å². The van der Waals surface area contributed by atoms with Gasteiger partial charge in [-0.15, -0.1) is 0 Å². The lowest BCUT2D eigenvalue weighted by molar-refractivity contribution is 0.150. The van der Waals surface area contributed by atoms with Gasteiger partial charge in [0.05, 0.1) is 0 Å². The van der Waals surface area contributed by atoms with Crippen LogP contribution in [-0.2, 0) is 11.3 Å². The topological polar surface area (TPSA) is 29.5 Å². The van der Waals surface area contributed by atoms with Crippen LogP contribution < -0.4 is 21.3 Å². The van der Waals surface area contributed by atoms with E-state index < -0.39 is 0 Å². The van der Waals surface area contributed by atoms with Gasteiger partial charge in [-0.1, -0.05) is 90.0 Å². The number of para-hydroxylation sites is 1. The first-order valence-electron chi connectivity index (χ1n) is 10.3. The summed E-state index contributed by atoms with van der Waals surface area (Å²) in [6.07, 6.45) is -0.355. The Bertz CT molecular complexity index is 1310. The van der Waals surface area contributed by atoms with Gasteiger partial charge in [-0.25, -0.2) is 9.69 Å². The first-order chi connectivity index (χ1) is 15.3. The van der Waals surface area contributed by atoms with Crippen LogP contribution in [0.5, 0.6) is 0 Å². The fraction of sp³-hybridized carbons (Fsp3) is 0.0385. The molecule has 4 aromatic carbocycles. The molecule has 0 radical (unpaired) electrons. The predicted molar refractivity (Wildman–Crippen MR) is 127 cm³/mol. The van der Waals surface area contributed by atoms with Gasteiger partial charge in [0.2, 0.25) is 6.71 Å². The van der Waals surface area contributed by atoms with Crippen LogP contribution in [0.15, 0.2) is 107 Å². The summed E-state index contributed by atoms with van der Waals surface area (Å²) in [6, 6.07) is 32.7. The Balaban J connectivity index is 1.47. The molecule has 5 heteroatoms. The number of fused-ring (bicyclic) bond motifs is 4. The number of hydrogen-bond acceptors (Lipinski definition) is 3. The van der Waals surface area contributed by atoms with Crippen molar-refractivity contribution in [2.24, 2.45) is 0 Å².